The molecule has 0 radical (unpaired) electrons. The van der Waals surface area contributed by atoms with Crippen LogP contribution in [0.5, 0.6) is 0 Å². The highest BCUT2D eigenvalue weighted by atomic mass is 19.1. The van der Waals surface area contributed by atoms with Crippen molar-refractivity contribution >= 4 is 11.7 Å². The van der Waals surface area contributed by atoms with Gasteiger partial charge in [0, 0.05) is 11.8 Å². The van der Waals surface area contributed by atoms with E-state index in [1.807, 2.05) is 0 Å². The quantitative estimate of drug-likeness (QED) is 0.893. The molecule has 1 heterocycles. The molecule has 0 saturated heterocycles. The highest BCUT2D eigenvalue weighted by Gasteiger charge is 2.13. The van der Waals surface area contributed by atoms with E-state index in [2.05, 4.69) is 5.32 Å². The predicted octanol–water partition coefficient (Wildman–Crippen LogP) is 3.18. The Labute approximate surface area is 107 Å². The molecule has 2 N–H and O–H groups in total. The Balaban J connectivity index is 2.10. The van der Waals surface area contributed by atoms with Crippen molar-refractivity contribution in [2.75, 3.05) is 5.32 Å². The molecule has 6 heteroatoms. The summed E-state index contributed by atoms with van der Waals surface area (Å²) in [4.78, 5) is 10.8. The van der Waals surface area contributed by atoms with Crippen LogP contribution in [-0.2, 0) is 6.54 Å². The van der Waals surface area contributed by atoms with Crippen molar-refractivity contribution in [1.82, 2.24) is 0 Å². The van der Waals surface area contributed by atoms with Gasteiger partial charge in [-0.15, -0.1) is 0 Å². The first kappa shape index (κ1) is 13.1. The zero-order valence-electron chi connectivity index (χ0n) is 10.0. The van der Waals surface area contributed by atoms with E-state index in [4.69, 9.17) is 9.52 Å². The molecule has 1 aromatic heterocycles. The van der Waals surface area contributed by atoms with Gasteiger partial charge in [0.25, 0.3) is 0 Å². The number of hydrogen-bond donors (Lipinski definition) is 2. The van der Waals surface area contributed by atoms with Crippen LogP contribution < -0.4 is 5.32 Å². The van der Waals surface area contributed by atoms with Crippen molar-refractivity contribution < 1.29 is 23.1 Å². The third kappa shape index (κ3) is 3.09. The number of hydrogen-bond acceptors (Lipinski definition) is 3. The molecular weight excluding hydrogens is 256 g/mol. The monoisotopic (exact) mass is 267 g/mol. The van der Waals surface area contributed by atoms with E-state index in [-0.39, 0.29) is 23.6 Å². The van der Waals surface area contributed by atoms with Gasteiger partial charge >= 0.3 is 5.97 Å². The van der Waals surface area contributed by atoms with E-state index in [0.29, 0.717) is 5.76 Å². The lowest BCUT2D eigenvalue weighted by atomic mass is 10.2. The minimum absolute atomic E-state index is 0.0715. The Morgan fingerprint density at radius 2 is 1.89 bits per heavy atom. The number of halogens is 2. The molecule has 2 rings (SSSR count). The first-order valence-electron chi connectivity index (χ1n) is 5.48. The molecule has 0 amide bonds. The van der Waals surface area contributed by atoms with Crippen molar-refractivity contribution in [2.24, 2.45) is 0 Å². The molecule has 4 nitrogen and oxygen atoms in total. The van der Waals surface area contributed by atoms with Crippen LogP contribution in [0.3, 0.4) is 0 Å². The molecule has 0 aliphatic heterocycles. The van der Waals surface area contributed by atoms with Crippen molar-refractivity contribution in [2.45, 2.75) is 13.5 Å². The highest BCUT2D eigenvalue weighted by molar-refractivity contribution is 5.88. The van der Waals surface area contributed by atoms with Crippen LogP contribution in [0.25, 0.3) is 0 Å². The van der Waals surface area contributed by atoms with Crippen LogP contribution in [0, 0.1) is 18.6 Å². The third-order valence-corrected chi connectivity index (χ3v) is 2.53. The van der Waals surface area contributed by atoms with Gasteiger partial charge in [0.1, 0.15) is 28.7 Å². The van der Waals surface area contributed by atoms with Gasteiger partial charge in [0.05, 0.1) is 6.54 Å². The average molecular weight is 267 g/mol. The molecular formula is C13H11F2NO3. The Morgan fingerprint density at radius 3 is 2.42 bits per heavy atom. The van der Waals surface area contributed by atoms with Crippen LogP contribution >= 0.6 is 0 Å². The maximum absolute atomic E-state index is 12.9. The summed E-state index contributed by atoms with van der Waals surface area (Å²) in [6, 6.07) is 4.42. The van der Waals surface area contributed by atoms with Gasteiger partial charge in [0.2, 0.25) is 0 Å². The molecule has 0 unspecified atom stereocenters. The second-order valence-electron chi connectivity index (χ2n) is 4.00. The first-order chi connectivity index (χ1) is 8.95. The standard InChI is InChI=1S/C13H11F2NO3/c1-7-12(13(17)18)5-11(19-7)6-16-10-3-8(14)2-9(15)4-10/h2-5,16H,6H2,1H3,(H,17,18). The SMILES string of the molecule is Cc1oc(CNc2cc(F)cc(F)c2)cc1C(=O)O. The first-order valence-corrected chi connectivity index (χ1v) is 5.48. The topological polar surface area (TPSA) is 62.5 Å². The lowest BCUT2D eigenvalue weighted by Crippen LogP contribution is -1.99. The number of carboxylic acids is 1. The maximum atomic E-state index is 12.9. The number of nitrogens with one attached hydrogen (secondary N) is 1. The van der Waals surface area contributed by atoms with Crippen molar-refractivity contribution in [3.63, 3.8) is 0 Å². The zero-order chi connectivity index (χ0) is 14.0. The Kier molecular flexibility index (Phi) is 3.50. The molecule has 0 spiro atoms. The largest absolute Gasteiger partial charge is 0.478 e. The third-order valence-electron chi connectivity index (χ3n) is 2.53. The Morgan fingerprint density at radius 1 is 1.26 bits per heavy atom. The molecule has 0 aliphatic carbocycles. The molecule has 0 atom stereocenters. The lowest BCUT2D eigenvalue weighted by Gasteiger charge is -2.04. The van der Waals surface area contributed by atoms with E-state index < -0.39 is 17.6 Å². The summed E-state index contributed by atoms with van der Waals surface area (Å²) in [6.45, 7) is 1.67. The summed E-state index contributed by atoms with van der Waals surface area (Å²) < 4.78 is 31.1. The van der Waals surface area contributed by atoms with Crippen molar-refractivity contribution in [3.8, 4) is 0 Å². The fraction of sp³-hybridized carbons (Fsp3) is 0.154. The second-order valence-corrected chi connectivity index (χ2v) is 4.00. The normalized spacial score (nSPS) is 10.5. The zero-order valence-corrected chi connectivity index (χ0v) is 10.0. The molecule has 0 bridgehead atoms. The molecule has 0 saturated carbocycles. The predicted molar refractivity (Wildman–Crippen MR) is 64.1 cm³/mol. The van der Waals surface area contributed by atoms with Crippen LogP contribution in [-0.4, -0.2) is 11.1 Å². The molecule has 1 aromatic carbocycles. The van der Waals surface area contributed by atoms with Gasteiger partial charge < -0.3 is 14.8 Å². The molecule has 2 aromatic rings. The summed E-state index contributed by atoms with van der Waals surface area (Å²) in [5.41, 5.74) is 0.325. The van der Waals surface area contributed by atoms with Crippen LogP contribution in [0.15, 0.2) is 28.7 Å². The number of aryl methyl sites for hydroxylation is 1. The summed E-state index contributed by atoms with van der Waals surface area (Å²) >= 11 is 0. The van der Waals surface area contributed by atoms with Crippen molar-refractivity contribution in [1.29, 1.82) is 0 Å². The van der Waals surface area contributed by atoms with Gasteiger partial charge in [-0.2, -0.15) is 0 Å². The highest BCUT2D eigenvalue weighted by Crippen LogP contribution is 2.17. The average Bonchev–Trinajstić information content (AvgIpc) is 2.67. The lowest BCUT2D eigenvalue weighted by molar-refractivity contribution is 0.0695. The van der Waals surface area contributed by atoms with E-state index in [0.717, 1.165) is 18.2 Å². The van der Waals surface area contributed by atoms with E-state index >= 15 is 0 Å². The Bertz CT molecular complexity index is 602. The van der Waals surface area contributed by atoms with Gasteiger partial charge in [-0.1, -0.05) is 0 Å². The van der Waals surface area contributed by atoms with E-state index in [1.54, 1.807) is 0 Å². The number of rotatable bonds is 4. The van der Waals surface area contributed by atoms with Crippen LogP contribution in [0.4, 0.5) is 14.5 Å². The molecule has 19 heavy (non-hydrogen) atoms. The van der Waals surface area contributed by atoms with E-state index in [1.165, 1.54) is 13.0 Å². The van der Waals surface area contributed by atoms with Gasteiger partial charge in [-0.3, -0.25) is 0 Å². The maximum Gasteiger partial charge on any atom is 0.339 e. The smallest absolute Gasteiger partial charge is 0.339 e. The number of furan rings is 1. The number of carboxylic acid groups (broad SMARTS) is 1. The van der Waals surface area contributed by atoms with Crippen LogP contribution in [0.1, 0.15) is 21.9 Å². The summed E-state index contributed by atoms with van der Waals surface area (Å²) in [5.74, 6) is -1.80. The Hall–Kier alpha value is -2.37. The van der Waals surface area contributed by atoms with Crippen LogP contribution in [0.2, 0.25) is 0 Å². The molecule has 0 aliphatic rings. The number of aromatic carboxylic acids is 1. The van der Waals surface area contributed by atoms with E-state index in [9.17, 15) is 13.6 Å². The number of benzene rings is 1. The number of carbonyl (C=O) groups is 1. The fourth-order valence-corrected chi connectivity index (χ4v) is 1.69. The van der Waals surface area contributed by atoms with Gasteiger partial charge in [0.15, 0.2) is 0 Å². The van der Waals surface area contributed by atoms with Gasteiger partial charge in [-0.25, -0.2) is 13.6 Å². The van der Waals surface area contributed by atoms with Gasteiger partial charge in [-0.05, 0) is 25.1 Å². The molecule has 100 valence electrons. The fourth-order valence-electron chi connectivity index (χ4n) is 1.69. The minimum Gasteiger partial charge on any atom is -0.478 e. The summed E-state index contributed by atoms with van der Waals surface area (Å²) in [6.07, 6.45) is 0. The molecule has 0 fully saturated rings. The summed E-state index contributed by atoms with van der Waals surface area (Å²) in [7, 11) is 0. The minimum atomic E-state index is -1.08. The van der Waals surface area contributed by atoms with Crippen molar-refractivity contribution in [3.05, 3.63) is 53.0 Å². The second kappa shape index (κ2) is 5.09. The summed E-state index contributed by atoms with van der Waals surface area (Å²) in [5, 5.41) is 11.6. The number of anilines is 1.